The Morgan fingerprint density at radius 3 is 2.82 bits per heavy atom. The van der Waals surface area contributed by atoms with E-state index in [0.29, 0.717) is 24.0 Å². The zero-order chi connectivity index (χ0) is 15.4. The van der Waals surface area contributed by atoms with Gasteiger partial charge in [-0.3, -0.25) is 0 Å². The molecular weight excluding hydrogens is 368 g/mol. The van der Waals surface area contributed by atoms with Crippen molar-refractivity contribution in [1.29, 1.82) is 0 Å². The van der Waals surface area contributed by atoms with Crippen LogP contribution in [0.4, 0.5) is 0 Å². The molecule has 0 aliphatic carbocycles. The quantitative estimate of drug-likeness (QED) is 0.676. The molecule has 0 spiro atoms. The maximum absolute atomic E-state index is 5.90. The highest BCUT2D eigenvalue weighted by Gasteiger charge is 2.08. The first-order valence-electron chi connectivity index (χ1n) is 6.63. The van der Waals surface area contributed by atoms with Crippen molar-refractivity contribution < 1.29 is 4.74 Å². The van der Waals surface area contributed by atoms with Crippen molar-refractivity contribution in [3.8, 4) is 17.1 Å². The van der Waals surface area contributed by atoms with Crippen LogP contribution in [0.15, 0.2) is 53.0 Å². The molecule has 0 saturated heterocycles. The van der Waals surface area contributed by atoms with E-state index in [9.17, 15) is 0 Å². The van der Waals surface area contributed by atoms with Crippen LogP contribution in [-0.4, -0.2) is 26.8 Å². The smallest absolute Gasteiger partial charge is 0.206 e. The van der Waals surface area contributed by atoms with Gasteiger partial charge in [-0.05, 0) is 35.5 Å². The van der Waals surface area contributed by atoms with E-state index in [0.717, 1.165) is 15.8 Å². The van der Waals surface area contributed by atoms with Gasteiger partial charge < -0.3 is 4.74 Å². The molecule has 22 heavy (non-hydrogen) atoms. The summed E-state index contributed by atoms with van der Waals surface area (Å²) in [5.41, 5.74) is 0.907. The lowest BCUT2D eigenvalue weighted by atomic mass is 10.2. The van der Waals surface area contributed by atoms with Crippen LogP contribution in [0.25, 0.3) is 11.4 Å². The number of ether oxygens (including phenoxy) is 1. The topological polar surface area (TPSA) is 52.8 Å². The Labute approximate surface area is 141 Å². The molecule has 0 atom stereocenters. The van der Waals surface area contributed by atoms with Crippen LogP contribution < -0.4 is 4.74 Å². The van der Waals surface area contributed by atoms with Crippen molar-refractivity contribution in [3.63, 3.8) is 0 Å². The summed E-state index contributed by atoms with van der Waals surface area (Å²) in [6.45, 7) is 0.941. The largest absolute Gasteiger partial charge is 0.492 e. The predicted octanol–water partition coefficient (Wildman–Crippen LogP) is 3.84. The summed E-state index contributed by atoms with van der Waals surface area (Å²) < 4.78 is 6.54. The van der Waals surface area contributed by atoms with Crippen LogP contribution in [0.3, 0.4) is 0 Å². The molecule has 3 rings (SSSR count). The van der Waals surface area contributed by atoms with Crippen molar-refractivity contribution in [2.45, 2.75) is 6.54 Å². The first kappa shape index (κ1) is 15.0. The number of tetrazole rings is 1. The van der Waals surface area contributed by atoms with Crippen LogP contribution in [0.1, 0.15) is 0 Å². The van der Waals surface area contributed by atoms with Crippen LogP contribution in [0.2, 0.25) is 5.02 Å². The molecule has 0 aliphatic heterocycles. The number of hydrogen-bond donors (Lipinski definition) is 0. The van der Waals surface area contributed by atoms with Gasteiger partial charge in [-0.25, -0.2) is 0 Å². The van der Waals surface area contributed by atoms with E-state index in [2.05, 4.69) is 31.3 Å². The average Bonchev–Trinajstić information content (AvgIpc) is 2.96. The molecule has 0 amide bonds. The maximum atomic E-state index is 5.90. The van der Waals surface area contributed by atoms with Crippen molar-refractivity contribution in [2.75, 3.05) is 6.61 Å². The lowest BCUT2D eigenvalue weighted by molar-refractivity contribution is 0.280. The van der Waals surface area contributed by atoms with E-state index < -0.39 is 0 Å². The summed E-state index contributed by atoms with van der Waals surface area (Å²) in [5, 5.41) is 13.1. The molecule has 1 aromatic heterocycles. The van der Waals surface area contributed by atoms with Gasteiger partial charge in [0.25, 0.3) is 0 Å². The number of benzene rings is 2. The summed E-state index contributed by atoms with van der Waals surface area (Å²) in [6.07, 6.45) is 0. The molecule has 0 fully saturated rings. The second-order valence-corrected chi connectivity index (χ2v) is 5.79. The fourth-order valence-electron chi connectivity index (χ4n) is 1.89. The minimum absolute atomic E-state index is 0.437. The van der Waals surface area contributed by atoms with E-state index in [1.54, 1.807) is 12.1 Å². The Hall–Kier alpha value is -1.92. The van der Waals surface area contributed by atoms with Gasteiger partial charge in [0.05, 0.1) is 6.54 Å². The number of rotatable bonds is 5. The third-order valence-electron chi connectivity index (χ3n) is 2.92. The van der Waals surface area contributed by atoms with E-state index in [4.69, 9.17) is 16.3 Å². The van der Waals surface area contributed by atoms with Gasteiger partial charge >= 0.3 is 0 Å². The number of aromatic nitrogens is 4. The number of halogens is 2. The van der Waals surface area contributed by atoms with Crippen molar-refractivity contribution in [2.24, 2.45) is 0 Å². The minimum Gasteiger partial charge on any atom is -0.492 e. The average molecular weight is 380 g/mol. The molecule has 0 bridgehead atoms. The first-order chi connectivity index (χ1) is 10.7. The van der Waals surface area contributed by atoms with Gasteiger partial charge in [0, 0.05) is 15.1 Å². The van der Waals surface area contributed by atoms with E-state index >= 15 is 0 Å². The maximum Gasteiger partial charge on any atom is 0.206 e. The van der Waals surface area contributed by atoms with Crippen LogP contribution in [-0.2, 0) is 6.54 Å². The Morgan fingerprint density at radius 1 is 1.14 bits per heavy atom. The Balaban J connectivity index is 1.62. The molecule has 1 heterocycles. The molecule has 3 aromatic rings. The Kier molecular flexibility index (Phi) is 4.70. The normalized spacial score (nSPS) is 10.6. The van der Waals surface area contributed by atoms with Crippen LogP contribution >= 0.6 is 27.5 Å². The van der Waals surface area contributed by atoms with Gasteiger partial charge in [-0.2, -0.15) is 4.80 Å². The summed E-state index contributed by atoms with van der Waals surface area (Å²) in [4.78, 5) is 1.51. The second kappa shape index (κ2) is 6.89. The minimum atomic E-state index is 0.437. The first-order valence-corrected chi connectivity index (χ1v) is 7.80. The van der Waals surface area contributed by atoms with E-state index in [-0.39, 0.29) is 0 Å². The van der Waals surface area contributed by atoms with Gasteiger partial charge in [0.1, 0.15) is 12.4 Å². The summed E-state index contributed by atoms with van der Waals surface area (Å²) in [7, 11) is 0. The Morgan fingerprint density at radius 2 is 2.00 bits per heavy atom. The van der Waals surface area contributed by atoms with Crippen LogP contribution in [0, 0.1) is 0 Å². The molecule has 5 nitrogen and oxygen atoms in total. The summed E-state index contributed by atoms with van der Waals surface area (Å²) in [5.74, 6) is 1.30. The molecule has 7 heteroatoms. The van der Waals surface area contributed by atoms with Gasteiger partial charge in [-0.15, -0.1) is 10.2 Å². The molecule has 0 radical (unpaired) electrons. The van der Waals surface area contributed by atoms with E-state index in [1.807, 2.05) is 36.4 Å². The lowest BCUT2D eigenvalue weighted by Crippen LogP contribution is -2.11. The van der Waals surface area contributed by atoms with E-state index in [1.165, 1.54) is 4.80 Å². The van der Waals surface area contributed by atoms with Crippen molar-refractivity contribution in [1.82, 2.24) is 20.2 Å². The second-order valence-electron chi connectivity index (χ2n) is 4.49. The lowest BCUT2D eigenvalue weighted by Gasteiger charge is -2.05. The highest BCUT2D eigenvalue weighted by Crippen LogP contribution is 2.24. The summed E-state index contributed by atoms with van der Waals surface area (Å²) in [6, 6.07) is 15.0. The molecule has 0 unspecified atom stereocenters. The van der Waals surface area contributed by atoms with Crippen molar-refractivity contribution in [3.05, 3.63) is 58.0 Å². The molecule has 0 aliphatic rings. The SMILES string of the molecule is Clc1cccc(OCCn2nnc(-c3ccccc3Br)n2)c1. The predicted molar refractivity (Wildman–Crippen MR) is 87.9 cm³/mol. The fraction of sp³-hybridized carbons (Fsp3) is 0.133. The number of nitrogens with zero attached hydrogens (tertiary/aromatic N) is 4. The molecule has 112 valence electrons. The Bertz CT molecular complexity index is 777. The zero-order valence-corrected chi connectivity index (χ0v) is 13.8. The molecular formula is C15H12BrClN4O. The monoisotopic (exact) mass is 378 g/mol. The van der Waals surface area contributed by atoms with Gasteiger partial charge in [-0.1, -0.05) is 45.7 Å². The molecule has 0 saturated carbocycles. The highest BCUT2D eigenvalue weighted by molar-refractivity contribution is 9.10. The highest BCUT2D eigenvalue weighted by atomic mass is 79.9. The standard InChI is InChI=1S/C15H12BrClN4O/c16-14-7-2-1-6-13(14)15-18-20-21(19-15)8-9-22-12-5-3-4-11(17)10-12/h1-7,10H,8-9H2. The zero-order valence-electron chi connectivity index (χ0n) is 11.5. The third kappa shape index (κ3) is 3.64. The fourth-order valence-corrected chi connectivity index (χ4v) is 2.53. The van der Waals surface area contributed by atoms with Crippen LogP contribution in [0.5, 0.6) is 5.75 Å². The third-order valence-corrected chi connectivity index (χ3v) is 3.85. The summed E-state index contributed by atoms with van der Waals surface area (Å²) >= 11 is 9.38. The van der Waals surface area contributed by atoms with Gasteiger partial charge in [0.15, 0.2) is 0 Å². The van der Waals surface area contributed by atoms with Gasteiger partial charge in [0.2, 0.25) is 5.82 Å². The molecule has 0 N–H and O–H groups in total. The number of hydrogen-bond acceptors (Lipinski definition) is 4. The molecule has 2 aromatic carbocycles. The van der Waals surface area contributed by atoms with Crippen molar-refractivity contribution >= 4 is 27.5 Å².